The lowest BCUT2D eigenvalue weighted by atomic mass is 9.98. The average Bonchev–Trinajstić information content (AvgIpc) is 3.11. The minimum absolute atomic E-state index is 0.0365. The highest BCUT2D eigenvalue weighted by Gasteiger charge is 2.21. The van der Waals surface area contributed by atoms with Crippen molar-refractivity contribution < 1.29 is 14.3 Å². The van der Waals surface area contributed by atoms with E-state index in [9.17, 15) is 4.79 Å². The number of hydrogen-bond acceptors (Lipinski definition) is 5. The van der Waals surface area contributed by atoms with E-state index in [-0.39, 0.29) is 12.5 Å². The molecule has 0 aliphatic carbocycles. The Balaban J connectivity index is 1.45. The molecule has 2 N–H and O–H groups in total. The normalized spacial score (nSPS) is 17.5. The highest BCUT2D eigenvalue weighted by molar-refractivity contribution is 5.96. The molecule has 1 fully saturated rings. The molecule has 1 atom stereocenters. The standard InChI is InChI=1S/C24H26N4O3/c1-15-3-4-16(11-25-12-18-7-8-30-18)9-19(15)23-24(28(2)14-26-23)17-5-6-20-21(10-17)31-13-22(29)27-20/h3-6,9-10,14,18,25H,7-8,11-13H2,1-2H3,(H,27,29)/t18-/m0/s1. The van der Waals surface area contributed by atoms with Crippen LogP contribution in [0.1, 0.15) is 17.5 Å². The van der Waals surface area contributed by atoms with Gasteiger partial charge in [0.05, 0.1) is 29.5 Å². The highest BCUT2D eigenvalue weighted by atomic mass is 16.5. The van der Waals surface area contributed by atoms with E-state index in [2.05, 4.69) is 35.8 Å². The zero-order valence-electron chi connectivity index (χ0n) is 17.8. The van der Waals surface area contributed by atoms with Gasteiger partial charge in [-0.3, -0.25) is 4.79 Å². The third kappa shape index (κ3) is 3.94. The molecule has 5 rings (SSSR count). The number of hydrogen-bond donors (Lipinski definition) is 2. The summed E-state index contributed by atoms with van der Waals surface area (Å²) in [7, 11) is 1.99. The molecule has 160 valence electrons. The van der Waals surface area contributed by atoms with Crippen LogP contribution < -0.4 is 15.4 Å². The summed E-state index contributed by atoms with van der Waals surface area (Å²) in [5.41, 5.74) is 7.14. The van der Waals surface area contributed by atoms with E-state index < -0.39 is 0 Å². The maximum absolute atomic E-state index is 11.6. The number of imidazole rings is 1. The van der Waals surface area contributed by atoms with Gasteiger partial charge >= 0.3 is 0 Å². The molecule has 0 saturated carbocycles. The average molecular weight is 418 g/mol. The van der Waals surface area contributed by atoms with Gasteiger partial charge in [-0.15, -0.1) is 0 Å². The SMILES string of the molecule is Cc1ccc(CNC[C@@H]2CCO2)cc1-c1ncn(C)c1-c1ccc2c(c1)OCC(=O)N2. The van der Waals surface area contributed by atoms with Gasteiger partial charge in [0.2, 0.25) is 0 Å². The highest BCUT2D eigenvalue weighted by Crippen LogP contribution is 2.37. The van der Waals surface area contributed by atoms with Crippen LogP contribution in [0.3, 0.4) is 0 Å². The van der Waals surface area contributed by atoms with Crippen molar-refractivity contribution in [1.29, 1.82) is 0 Å². The molecule has 7 heteroatoms. The fourth-order valence-corrected chi connectivity index (χ4v) is 4.05. The first-order chi connectivity index (χ1) is 15.1. The van der Waals surface area contributed by atoms with Crippen molar-refractivity contribution in [2.45, 2.75) is 26.0 Å². The summed E-state index contributed by atoms with van der Waals surface area (Å²) in [6.45, 7) is 4.70. The molecule has 2 aromatic carbocycles. The number of carbonyl (C=O) groups excluding carboxylic acids is 1. The van der Waals surface area contributed by atoms with Crippen molar-refractivity contribution in [2.24, 2.45) is 7.05 Å². The van der Waals surface area contributed by atoms with Crippen LogP contribution in [0.5, 0.6) is 5.75 Å². The van der Waals surface area contributed by atoms with Crippen molar-refractivity contribution in [2.75, 3.05) is 25.1 Å². The van der Waals surface area contributed by atoms with Crippen LogP contribution in [0.15, 0.2) is 42.7 Å². The number of amides is 1. The number of nitrogens with one attached hydrogen (secondary N) is 2. The van der Waals surface area contributed by atoms with E-state index in [0.717, 1.165) is 48.6 Å². The van der Waals surface area contributed by atoms with Crippen LogP contribution in [0, 0.1) is 6.92 Å². The maximum Gasteiger partial charge on any atom is 0.262 e. The van der Waals surface area contributed by atoms with Gasteiger partial charge in [0, 0.05) is 37.9 Å². The number of ether oxygens (including phenoxy) is 2. The quantitative estimate of drug-likeness (QED) is 0.643. The minimum atomic E-state index is -0.133. The van der Waals surface area contributed by atoms with Crippen LogP contribution >= 0.6 is 0 Å². The predicted molar refractivity (Wildman–Crippen MR) is 119 cm³/mol. The number of aryl methyl sites for hydroxylation is 2. The van der Waals surface area contributed by atoms with E-state index in [0.29, 0.717) is 17.5 Å². The van der Waals surface area contributed by atoms with Crippen molar-refractivity contribution in [3.8, 4) is 28.3 Å². The molecule has 3 aromatic rings. The molecule has 1 aromatic heterocycles. The first-order valence-corrected chi connectivity index (χ1v) is 10.6. The molecule has 0 unspecified atom stereocenters. The Morgan fingerprint density at radius 2 is 2.13 bits per heavy atom. The second kappa shape index (κ2) is 8.17. The molecule has 0 spiro atoms. The molecule has 1 amide bonds. The number of fused-ring (bicyclic) bond motifs is 1. The molecule has 2 aliphatic heterocycles. The van der Waals surface area contributed by atoms with Gasteiger partial charge in [-0.1, -0.05) is 18.2 Å². The molecule has 1 saturated heterocycles. The van der Waals surface area contributed by atoms with Crippen LogP contribution in [0.2, 0.25) is 0 Å². The summed E-state index contributed by atoms with van der Waals surface area (Å²) in [4.78, 5) is 16.3. The summed E-state index contributed by atoms with van der Waals surface area (Å²) in [6, 6.07) is 12.4. The van der Waals surface area contributed by atoms with Crippen molar-refractivity contribution in [3.05, 3.63) is 53.9 Å². The molecule has 3 heterocycles. The number of benzene rings is 2. The van der Waals surface area contributed by atoms with Crippen molar-refractivity contribution in [3.63, 3.8) is 0 Å². The topological polar surface area (TPSA) is 77.4 Å². The first kappa shape index (κ1) is 19.8. The Morgan fingerprint density at radius 3 is 2.94 bits per heavy atom. The molecule has 0 bridgehead atoms. The Hall–Kier alpha value is -3.16. The van der Waals surface area contributed by atoms with Crippen LogP contribution in [-0.4, -0.2) is 41.3 Å². The number of nitrogens with zero attached hydrogens (tertiary/aromatic N) is 2. The van der Waals surface area contributed by atoms with Crippen LogP contribution in [-0.2, 0) is 23.1 Å². The first-order valence-electron chi connectivity index (χ1n) is 10.6. The Labute approximate surface area is 181 Å². The molecule has 7 nitrogen and oxygen atoms in total. The fourth-order valence-electron chi connectivity index (χ4n) is 4.05. The van der Waals surface area contributed by atoms with Gasteiger partial charge in [-0.2, -0.15) is 0 Å². The molecular formula is C24H26N4O3. The summed E-state index contributed by atoms with van der Waals surface area (Å²) in [6.07, 6.45) is 3.33. The second-order valence-electron chi connectivity index (χ2n) is 8.16. The van der Waals surface area contributed by atoms with Crippen LogP contribution in [0.25, 0.3) is 22.5 Å². The van der Waals surface area contributed by atoms with E-state index in [4.69, 9.17) is 14.5 Å². The van der Waals surface area contributed by atoms with Gasteiger partial charge in [0.15, 0.2) is 6.61 Å². The predicted octanol–water partition coefficient (Wildman–Crippen LogP) is 3.27. The lowest BCUT2D eigenvalue weighted by Gasteiger charge is -2.26. The van der Waals surface area contributed by atoms with Crippen molar-refractivity contribution >= 4 is 11.6 Å². The summed E-state index contributed by atoms with van der Waals surface area (Å²) in [5.74, 6) is 0.545. The zero-order valence-corrected chi connectivity index (χ0v) is 17.8. The molecule has 31 heavy (non-hydrogen) atoms. The molecule has 0 radical (unpaired) electrons. The number of anilines is 1. The summed E-state index contributed by atoms with van der Waals surface area (Å²) < 4.78 is 13.1. The van der Waals surface area contributed by atoms with Gasteiger partial charge in [-0.05, 0) is 42.7 Å². The maximum atomic E-state index is 11.6. The summed E-state index contributed by atoms with van der Waals surface area (Å²) >= 11 is 0. The Morgan fingerprint density at radius 1 is 1.26 bits per heavy atom. The van der Waals surface area contributed by atoms with Gasteiger partial charge in [0.1, 0.15) is 5.75 Å². The zero-order chi connectivity index (χ0) is 21.4. The fraction of sp³-hybridized carbons (Fsp3) is 0.333. The molecule has 2 aliphatic rings. The lowest BCUT2D eigenvalue weighted by molar-refractivity contribution is -0.118. The van der Waals surface area contributed by atoms with Crippen LogP contribution in [0.4, 0.5) is 5.69 Å². The monoisotopic (exact) mass is 418 g/mol. The smallest absolute Gasteiger partial charge is 0.262 e. The second-order valence-corrected chi connectivity index (χ2v) is 8.16. The van der Waals surface area contributed by atoms with Gasteiger partial charge in [0.25, 0.3) is 5.91 Å². The van der Waals surface area contributed by atoms with E-state index in [1.165, 1.54) is 11.1 Å². The number of rotatable bonds is 6. The largest absolute Gasteiger partial charge is 0.482 e. The Bertz CT molecular complexity index is 1130. The number of carbonyl (C=O) groups is 1. The minimum Gasteiger partial charge on any atom is -0.482 e. The lowest BCUT2D eigenvalue weighted by Crippen LogP contribution is -2.36. The number of aromatic nitrogens is 2. The summed E-state index contributed by atoms with van der Waals surface area (Å²) in [5, 5.41) is 6.33. The Kier molecular flexibility index (Phi) is 5.21. The third-order valence-electron chi connectivity index (χ3n) is 5.88. The molecular weight excluding hydrogens is 392 g/mol. The van der Waals surface area contributed by atoms with E-state index in [1.807, 2.05) is 36.1 Å². The van der Waals surface area contributed by atoms with E-state index in [1.54, 1.807) is 0 Å². The van der Waals surface area contributed by atoms with Gasteiger partial charge < -0.3 is 24.7 Å². The van der Waals surface area contributed by atoms with E-state index >= 15 is 0 Å². The van der Waals surface area contributed by atoms with Gasteiger partial charge in [-0.25, -0.2) is 4.98 Å². The third-order valence-corrected chi connectivity index (χ3v) is 5.88. The van der Waals surface area contributed by atoms with Crippen molar-refractivity contribution in [1.82, 2.24) is 14.9 Å².